The lowest BCUT2D eigenvalue weighted by Crippen LogP contribution is -1.99. The predicted octanol–water partition coefficient (Wildman–Crippen LogP) is 0.701. The molecule has 4 nitrogen and oxygen atoms in total. The van der Waals surface area contributed by atoms with Gasteiger partial charge in [-0.3, -0.25) is 0 Å². The summed E-state index contributed by atoms with van der Waals surface area (Å²) in [5.74, 6) is -1.21. The second-order valence-electron chi connectivity index (χ2n) is 1.86. The smallest absolute Gasteiger partial charge is 0.355 e. The van der Waals surface area contributed by atoms with Gasteiger partial charge in [-0.25, -0.2) is 9.59 Å². The van der Waals surface area contributed by atoms with Crippen molar-refractivity contribution in [2.24, 2.45) is 4.99 Å². The lowest BCUT2D eigenvalue weighted by atomic mass is 10.3. The minimum absolute atomic E-state index is 0.241. The molecular weight excluding hydrogens is 134 g/mol. The van der Waals surface area contributed by atoms with Gasteiger partial charge in [0.25, 0.3) is 0 Å². The number of rotatable bonds is 2. The fourth-order valence-electron chi connectivity index (χ4n) is 0.419. The summed E-state index contributed by atoms with van der Waals surface area (Å²) in [7, 11) is 0. The Morgan fingerprint density at radius 1 is 1.50 bits per heavy atom. The Bertz CT molecular complexity index is 215. The van der Waals surface area contributed by atoms with E-state index in [2.05, 4.69) is 4.99 Å². The minimum Gasteiger partial charge on any atom is -0.476 e. The molecule has 0 aromatic heterocycles. The molecule has 4 heteroatoms. The Labute approximate surface area is 57.9 Å². The summed E-state index contributed by atoms with van der Waals surface area (Å²) in [5, 5.41) is 8.34. The fourth-order valence-corrected chi connectivity index (χ4v) is 0.419. The van der Waals surface area contributed by atoms with Crippen LogP contribution in [0, 0.1) is 0 Å². The predicted molar refractivity (Wildman–Crippen MR) is 34.1 cm³/mol. The van der Waals surface area contributed by atoms with Crippen LogP contribution in [-0.2, 0) is 9.59 Å². The van der Waals surface area contributed by atoms with Crippen molar-refractivity contribution in [2.75, 3.05) is 0 Å². The number of allylic oxidation sites excluding steroid dienone is 1. The van der Waals surface area contributed by atoms with E-state index in [-0.39, 0.29) is 5.70 Å². The zero-order valence-corrected chi connectivity index (χ0v) is 5.71. The van der Waals surface area contributed by atoms with E-state index in [0.29, 0.717) is 5.57 Å². The molecule has 0 spiro atoms. The van der Waals surface area contributed by atoms with E-state index in [4.69, 9.17) is 5.11 Å². The molecule has 0 aliphatic carbocycles. The molecule has 0 aliphatic heterocycles. The van der Waals surface area contributed by atoms with Crippen LogP contribution in [0.4, 0.5) is 0 Å². The normalized spacial score (nSPS) is 7.80. The van der Waals surface area contributed by atoms with Crippen molar-refractivity contribution in [2.45, 2.75) is 13.8 Å². The highest BCUT2D eigenvalue weighted by Crippen LogP contribution is 2.02. The van der Waals surface area contributed by atoms with Crippen LogP contribution >= 0.6 is 0 Å². The van der Waals surface area contributed by atoms with E-state index >= 15 is 0 Å². The van der Waals surface area contributed by atoms with Crippen molar-refractivity contribution >= 4 is 12.0 Å². The monoisotopic (exact) mass is 141 g/mol. The van der Waals surface area contributed by atoms with Crippen molar-refractivity contribution in [1.29, 1.82) is 0 Å². The molecule has 0 aliphatic rings. The summed E-state index contributed by atoms with van der Waals surface area (Å²) in [6, 6.07) is 0. The second kappa shape index (κ2) is 3.58. The van der Waals surface area contributed by atoms with E-state index in [1.54, 1.807) is 13.8 Å². The molecule has 0 aromatic carbocycles. The van der Waals surface area contributed by atoms with Crippen LogP contribution < -0.4 is 0 Å². The van der Waals surface area contributed by atoms with Gasteiger partial charge in [-0.1, -0.05) is 0 Å². The van der Waals surface area contributed by atoms with Crippen molar-refractivity contribution in [3.05, 3.63) is 11.3 Å². The Hall–Kier alpha value is -1.41. The minimum atomic E-state index is -1.21. The van der Waals surface area contributed by atoms with Crippen LogP contribution in [0.5, 0.6) is 0 Å². The number of hydrogen-bond acceptors (Lipinski definition) is 3. The van der Waals surface area contributed by atoms with Gasteiger partial charge in [-0.15, -0.1) is 0 Å². The van der Waals surface area contributed by atoms with E-state index < -0.39 is 5.97 Å². The van der Waals surface area contributed by atoms with Gasteiger partial charge in [-0.2, -0.15) is 4.99 Å². The van der Waals surface area contributed by atoms with Crippen LogP contribution in [-0.4, -0.2) is 17.2 Å². The molecule has 0 fully saturated rings. The Morgan fingerprint density at radius 2 is 2.00 bits per heavy atom. The molecule has 0 aromatic rings. The maximum Gasteiger partial charge on any atom is 0.355 e. The maximum absolute atomic E-state index is 10.2. The third-order valence-corrected chi connectivity index (χ3v) is 0.834. The molecule has 0 unspecified atom stereocenters. The summed E-state index contributed by atoms with van der Waals surface area (Å²) < 4.78 is 0. The molecule has 0 bridgehead atoms. The SMILES string of the molecule is CC(C)=C(N=C=O)C(=O)O. The largest absolute Gasteiger partial charge is 0.476 e. The van der Waals surface area contributed by atoms with Crippen molar-refractivity contribution in [3.8, 4) is 0 Å². The average Bonchev–Trinajstić information content (AvgIpc) is 1.81. The summed E-state index contributed by atoms with van der Waals surface area (Å²) in [4.78, 5) is 22.8. The number of carboxylic acids is 1. The van der Waals surface area contributed by atoms with Crippen LogP contribution in [0.2, 0.25) is 0 Å². The van der Waals surface area contributed by atoms with E-state index in [1.807, 2.05) is 0 Å². The van der Waals surface area contributed by atoms with Crippen molar-refractivity contribution in [3.63, 3.8) is 0 Å². The lowest BCUT2D eigenvalue weighted by Gasteiger charge is -1.91. The van der Waals surface area contributed by atoms with Crippen LogP contribution in [0.15, 0.2) is 16.3 Å². The topological polar surface area (TPSA) is 66.7 Å². The summed E-state index contributed by atoms with van der Waals surface area (Å²) in [6.07, 6.45) is 1.17. The number of carbonyl (C=O) groups is 1. The molecule has 0 amide bonds. The van der Waals surface area contributed by atoms with Gasteiger partial charge in [-0.05, 0) is 19.4 Å². The summed E-state index contributed by atoms with van der Waals surface area (Å²) in [6.45, 7) is 3.12. The van der Waals surface area contributed by atoms with Crippen LogP contribution in [0.25, 0.3) is 0 Å². The zero-order chi connectivity index (χ0) is 8.15. The van der Waals surface area contributed by atoms with E-state index in [0.717, 1.165) is 0 Å². The van der Waals surface area contributed by atoms with Gasteiger partial charge >= 0.3 is 5.97 Å². The Kier molecular flexibility index (Phi) is 3.08. The molecule has 0 saturated heterocycles. The number of aliphatic carboxylic acids is 1. The van der Waals surface area contributed by atoms with Gasteiger partial charge in [0.2, 0.25) is 6.08 Å². The first kappa shape index (κ1) is 8.59. The molecule has 1 N–H and O–H groups in total. The second-order valence-corrected chi connectivity index (χ2v) is 1.86. The third-order valence-electron chi connectivity index (χ3n) is 0.834. The maximum atomic E-state index is 10.2. The molecule has 0 atom stereocenters. The first-order chi connectivity index (χ1) is 4.59. The lowest BCUT2D eigenvalue weighted by molar-refractivity contribution is -0.132. The van der Waals surface area contributed by atoms with Gasteiger partial charge in [0.1, 0.15) is 0 Å². The summed E-state index contributed by atoms with van der Waals surface area (Å²) in [5.41, 5.74) is 0.242. The highest BCUT2D eigenvalue weighted by Gasteiger charge is 2.05. The van der Waals surface area contributed by atoms with Crippen LogP contribution in [0.1, 0.15) is 13.8 Å². The standard InChI is InChI=1S/C6H7NO3/c1-4(2)5(6(9)10)7-3-8/h1-2H3,(H,9,10). The molecule has 0 saturated carbocycles. The average molecular weight is 141 g/mol. The Morgan fingerprint density at radius 3 is 2.10 bits per heavy atom. The molecule has 0 rings (SSSR count). The molecule has 0 radical (unpaired) electrons. The first-order valence-electron chi connectivity index (χ1n) is 2.58. The van der Waals surface area contributed by atoms with Crippen molar-refractivity contribution in [1.82, 2.24) is 0 Å². The first-order valence-corrected chi connectivity index (χ1v) is 2.58. The number of nitrogens with zero attached hydrogens (tertiary/aromatic N) is 1. The number of hydrogen-bond donors (Lipinski definition) is 1. The van der Waals surface area contributed by atoms with Crippen LogP contribution in [0.3, 0.4) is 0 Å². The molecular formula is C6H7NO3. The quantitative estimate of drug-likeness (QED) is 0.349. The fraction of sp³-hybridized carbons (Fsp3) is 0.333. The van der Waals surface area contributed by atoms with Gasteiger partial charge in [0.05, 0.1) is 0 Å². The van der Waals surface area contributed by atoms with E-state index in [1.165, 1.54) is 6.08 Å². The highest BCUT2D eigenvalue weighted by atomic mass is 16.4. The summed E-state index contributed by atoms with van der Waals surface area (Å²) >= 11 is 0. The van der Waals surface area contributed by atoms with Gasteiger partial charge < -0.3 is 5.11 Å². The number of carboxylic acid groups (broad SMARTS) is 1. The zero-order valence-electron chi connectivity index (χ0n) is 5.71. The Balaban J connectivity index is 4.78. The molecule has 10 heavy (non-hydrogen) atoms. The van der Waals surface area contributed by atoms with Gasteiger partial charge in [0, 0.05) is 0 Å². The molecule has 0 heterocycles. The highest BCUT2D eigenvalue weighted by molar-refractivity contribution is 5.87. The van der Waals surface area contributed by atoms with E-state index in [9.17, 15) is 9.59 Å². The number of carbonyl (C=O) groups excluding carboxylic acids is 1. The van der Waals surface area contributed by atoms with Gasteiger partial charge in [0.15, 0.2) is 5.70 Å². The number of aliphatic imine (C=N–C) groups is 1. The third kappa shape index (κ3) is 2.24. The molecule has 54 valence electrons. The number of isocyanates is 1. The van der Waals surface area contributed by atoms with Crippen molar-refractivity contribution < 1.29 is 14.7 Å².